The zero-order valence-corrected chi connectivity index (χ0v) is 20.1. The number of hydrogen-bond acceptors (Lipinski definition) is 6. The molecule has 3 heterocycles. The second kappa shape index (κ2) is 11.8. The number of nitrogens with zero attached hydrogens (tertiary/aromatic N) is 7. The molecule has 1 aliphatic carbocycles. The normalized spacial score (nSPS) is 13.3. The fraction of sp³-hybridized carbons (Fsp3) is 0.308. The standard InChI is InChI=1S/C23H24N6.C3H4N2O2/c1-28-15-20(13-26-28)17-6-5-7-18(10-17)23-24-11-19(12-25-23)21-14-27-29(16-21)22-8-3-2-4-9-22;4-1-2-5-3(6)7/h5-7,10-16,22H,2-4,8-9H2,1H3;5H,2H2,(H,6,7). The van der Waals surface area contributed by atoms with Crippen LogP contribution in [0.5, 0.6) is 0 Å². The average Bonchev–Trinajstić information content (AvgIpc) is 3.58. The van der Waals surface area contributed by atoms with Gasteiger partial charge in [0.15, 0.2) is 5.82 Å². The van der Waals surface area contributed by atoms with Crippen LogP contribution in [0.25, 0.3) is 33.6 Å². The van der Waals surface area contributed by atoms with Crippen molar-refractivity contribution in [1.82, 2.24) is 34.8 Å². The van der Waals surface area contributed by atoms with E-state index in [0.717, 1.165) is 33.6 Å². The second-order valence-corrected chi connectivity index (χ2v) is 8.60. The third-order valence-electron chi connectivity index (χ3n) is 6.01. The lowest BCUT2D eigenvalue weighted by Crippen LogP contribution is -2.20. The summed E-state index contributed by atoms with van der Waals surface area (Å²) in [5.41, 5.74) is 5.26. The number of benzene rings is 1. The van der Waals surface area contributed by atoms with E-state index in [1.54, 1.807) is 10.8 Å². The summed E-state index contributed by atoms with van der Waals surface area (Å²) in [5, 5.41) is 26.2. The van der Waals surface area contributed by atoms with E-state index in [9.17, 15) is 4.79 Å². The van der Waals surface area contributed by atoms with Gasteiger partial charge in [-0.25, -0.2) is 14.8 Å². The van der Waals surface area contributed by atoms with E-state index in [-0.39, 0.29) is 6.54 Å². The van der Waals surface area contributed by atoms with E-state index in [4.69, 9.17) is 10.4 Å². The predicted octanol–water partition coefficient (Wildman–Crippen LogP) is 4.69. The van der Waals surface area contributed by atoms with Gasteiger partial charge in [-0.3, -0.25) is 9.36 Å². The summed E-state index contributed by atoms with van der Waals surface area (Å²) >= 11 is 0. The summed E-state index contributed by atoms with van der Waals surface area (Å²) in [5.74, 6) is 0.721. The molecule has 1 aliphatic rings. The molecule has 0 unspecified atom stereocenters. The highest BCUT2D eigenvalue weighted by atomic mass is 16.4. The monoisotopic (exact) mass is 484 g/mol. The van der Waals surface area contributed by atoms with Crippen LogP contribution in [0.3, 0.4) is 0 Å². The van der Waals surface area contributed by atoms with Gasteiger partial charge in [0.2, 0.25) is 0 Å². The van der Waals surface area contributed by atoms with E-state index >= 15 is 0 Å². The minimum absolute atomic E-state index is 0.144. The Kier molecular flexibility index (Phi) is 8.03. The lowest BCUT2D eigenvalue weighted by atomic mass is 9.96. The summed E-state index contributed by atoms with van der Waals surface area (Å²) < 4.78 is 3.93. The van der Waals surface area contributed by atoms with Crippen molar-refractivity contribution in [2.24, 2.45) is 7.05 Å². The highest BCUT2D eigenvalue weighted by Gasteiger charge is 2.16. The van der Waals surface area contributed by atoms with Gasteiger partial charge >= 0.3 is 6.09 Å². The minimum Gasteiger partial charge on any atom is -0.465 e. The maximum atomic E-state index is 9.50. The van der Waals surface area contributed by atoms with Gasteiger partial charge in [-0.05, 0) is 24.5 Å². The molecule has 36 heavy (non-hydrogen) atoms. The zero-order valence-electron chi connectivity index (χ0n) is 20.1. The number of nitrogens with one attached hydrogen (secondary N) is 1. The van der Waals surface area contributed by atoms with Crippen LogP contribution in [0.4, 0.5) is 4.79 Å². The highest BCUT2D eigenvalue weighted by molar-refractivity contribution is 5.70. The summed E-state index contributed by atoms with van der Waals surface area (Å²) in [6, 6.07) is 10.4. The summed E-state index contributed by atoms with van der Waals surface area (Å²) in [7, 11) is 1.92. The number of rotatable bonds is 5. The van der Waals surface area contributed by atoms with Crippen molar-refractivity contribution >= 4 is 6.09 Å². The number of hydrogen-bond donors (Lipinski definition) is 2. The topological polar surface area (TPSA) is 135 Å². The minimum atomic E-state index is -1.17. The number of aromatic nitrogens is 6. The smallest absolute Gasteiger partial charge is 0.405 e. The first-order chi connectivity index (χ1) is 17.5. The van der Waals surface area contributed by atoms with Crippen LogP contribution < -0.4 is 5.32 Å². The van der Waals surface area contributed by atoms with Crippen molar-refractivity contribution in [2.45, 2.75) is 38.1 Å². The molecule has 0 radical (unpaired) electrons. The molecule has 10 heteroatoms. The van der Waals surface area contributed by atoms with E-state index in [1.165, 1.54) is 32.1 Å². The van der Waals surface area contributed by atoms with Crippen molar-refractivity contribution in [3.8, 4) is 39.7 Å². The molecule has 1 amide bonds. The van der Waals surface area contributed by atoms with Gasteiger partial charge < -0.3 is 10.4 Å². The van der Waals surface area contributed by atoms with E-state index in [0.29, 0.717) is 6.04 Å². The van der Waals surface area contributed by atoms with Crippen LogP contribution in [0.15, 0.2) is 61.4 Å². The third kappa shape index (κ3) is 6.33. The van der Waals surface area contributed by atoms with Crippen molar-refractivity contribution in [3.05, 3.63) is 61.4 Å². The fourth-order valence-electron chi connectivity index (χ4n) is 4.18. The quantitative estimate of drug-likeness (QED) is 0.392. The summed E-state index contributed by atoms with van der Waals surface area (Å²) in [6.07, 6.45) is 17.0. The molecule has 0 bridgehead atoms. The van der Waals surface area contributed by atoms with Gasteiger partial charge in [0.25, 0.3) is 0 Å². The Morgan fingerprint density at radius 2 is 1.69 bits per heavy atom. The number of carboxylic acid groups (broad SMARTS) is 1. The first kappa shape index (κ1) is 24.6. The molecule has 0 atom stereocenters. The molecule has 5 rings (SSSR count). The molecule has 2 N–H and O–H groups in total. The zero-order chi connectivity index (χ0) is 25.3. The van der Waals surface area contributed by atoms with Crippen molar-refractivity contribution in [2.75, 3.05) is 6.54 Å². The molecule has 4 aromatic rings. The van der Waals surface area contributed by atoms with Crippen molar-refractivity contribution in [1.29, 1.82) is 5.26 Å². The molecule has 0 spiro atoms. The van der Waals surface area contributed by atoms with Crippen molar-refractivity contribution in [3.63, 3.8) is 0 Å². The van der Waals surface area contributed by atoms with E-state index in [1.807, 2.05) is 55.5 Å². The van der Waals surface area contributed by atoms with Gasteiger partial charge in [0.1, 0.15) is 6.54 Å². The van der Waals surface area contributed by atoms with Crippen LogP contribution in [-0.4, -0.2) is 47.3 Å². The first-order valence-corrected chi connectivity index (χ1v) is 11.8. The fourth-order valence-corrected chi connectivity index (χ4v) is 4.18. The van der Waals surface area contributed by atoms with Crippen LogP contribution in [0.2, 0.25) is 0 Å². The van der Waals surface area contributed by atoms with Crippen LogP contribution in [0.1, 0.15) is 38.1 Å². The Morgan fingerprint density at radius 3 is 2.33 bits per heavy atom. The van der Waals surface area contributed by atoms with Crippen LogP contribution in [-0.2, 0) is 7.05 Å². The molecule has 10 nitrogen and oxygen atoms in total. The lowest BCUT2D eigenvalue weighted by Gasteiger charge is -2.21. The third-order valence-corrected chi connectivity index (χ3v) is 6.01. The summed E-state index contributed by atoms with van der Waals surface area (Å²) in [6.45, 7) is -0.144. The molecule has 1 aromatic carbocycles. The second-order valence-electron chi connectivity index (χ2n) is 8.60. The molecular formula is C26H28N8O2. The van der Waals surface area contributed by atoms with Gasteiger partial charge in [0, 0.05) is 54.1 Å². The number of nitriles is 1. The van der Waals surface area contributed by atoms with Gasteiger partial charge in [0.05, 0.1) is 24.5 Å². The average molecular weight is 485 g/mol. The summed E-state index contributed by atoms with van der Waals surface area (Å²) in [4.78, 5) is 18.7. The van der Waals surface area contributed by atoms with Crippen molar-refractivity contribution < 1.29 is 9.90 Å². The number of carbonyl (C=O) groups is 1. The van der Waals surface area contributed by atoms with Crippen LogP contribution >= 0.6 is 0 Å². The molecular weight excluding hydrogens is 456 g/mol. The molecule has 184 valence electrons. The Morgan fingerprint density at radius 1 is 1.00 bits per heavy atom. The van der Waals surface area contributed by atoms with E-state index in [2.05, 4.69) is 43.2 Å². The Bertz CT molecular complexity index is 1330. The van der Waals surface area contributed by atoms with Gasteiger partial charge in [-0.2, -0.15) is 15.5 Å². The number of aryl methyl sites for hydroxylation is 1. The predicted molar refractivity (Wildman–Crippen MR) is 135 cm³/mol. The Labute approximate surface area is 209 Å². The number of amides is 1. The first-order valence-electron chi connectivity index (χ1n) is 11.8. The largest absolute Gasteiger partial charge is 0.465 e. The maximum Gasteiger partial charge on any atom is 0.405 e. The van der Waals surface area contributed by atoms with Gasteiger partial charge in [-0.1, -0.05) is 37.5 Å². The molecule has 1 fully saturated rings. The molecule has 0 saturated heterocycles. The molecule has 3 aromatic heterocycles. The SMILES string of the molecule is Cn1cc(-c2cccc(-c3ncc(-c4cnn(C5CCCCC5)c4)cn3)c2)cn1.N#CCNC(=O)O. The van der Waals surface area contributed by atoms with E-state index < -0.39 is 6.09 Å². The Hall–Kier alpha value is -4.52. The maximum absolute atomic E-state index is 9.50. The van der Waals surface area contributed by atoms with Crippen LogP contribution in [0, 0.1) is 11.3 Å². The Balaban J connectivity index is 0.000000384. The molecule has 0 aliphatic heterocycles. The van der Waals surface area contributed by atoms with Gasteiger partial charge in [-0.15, -0.1) is 0 Å². The molecule has 1 saturated carbocycles. The lowest BCUT2D eigenvalue weighted by molar-refractivity contribution is 0.196. The highest BCUT2D eigenvalue weighted by Crippen LogP contribution is 2.29.